The second-order valence-electron chi connectivity index (χ2n) is 7.70. The molecule has 0 saturated heterocycles. The molecule has 2 aliphatic rings. The Morgan fingerprint density at radius 2 is 1.59 bits per heavy atom. The van der Waals surface area contributed by atoms with E-state index in [0.29, 0.717) is 17.2 Å². The molecule has 1 saturated carbocycles. The van der Waals surface area contributed by atoms with Gasteiger partial charge in [-0.05, 0) is 42.0 Å². The van der Waals surface area contributed by atoms with Crippen LogP contribution in [0.5, 0.6) is 0 Å². The number of benzene rings is 2. The number of hydrogen-bond acceptors (Lipinski definition) is 7. The summed E-state index contributed by atoms with van der Waals surface area (Å²) in [5.74, 6) is -1.74. The molecule has 1 aliphatic carbocycles. The molecular weight excluding hydrogens is 406 g/mol. The maximum atomic E-state index is 13.0. The van der Waals surface area contributed by atoms with Crippen LogP contribution in [0.4, 0.5) is 5.69 Å². The SMILES string of the molecule is COC(=O)C1=C(C(=O)OC)N(c2ccc(C3CC3)cc2)C(N)=C(C#N)C1c1ccccc1. The van der Waals surface area contributed by atoms with Gasteiger partial charge in [0.05, 0.1) is 37.4 Å². The van der Waals surface area contributed by atoms with Crippen molar-refractivity contribution in [1.82, 2.24) is 0 Å². The van der Waals surface area contributed by atoms with Gasteiger partial charge in [0.25, 0.3) is 0 Å². The first-order valence-electron chi connectivity index (χ1n) is 10.3. The zero-order valence-electron chi connectivity index (χ0n) is 17.9. The minimum atomic E-state index is -0.871. The summed E-state index contributed by atoms with van der Waals surface area (Å²) in [6, 6.07) is 18.7. The van der Waals surface area contributed by atoms with E-state index in [9.17, 15) is 14.9 Å². The van der Waals surface area contributed by atoms with Crippen molar-refractivity contribution in [3.8, 4) is 6.07 Å². The van der Waals surface area contributed by atoms with Crippen LogP contribution in [0, 0.1) is 11.3 Å². The van der Waals surface area contributed by atoms with E-state index < -0.39 is 17.9 Å². The number of ether oxygens (including phenoxy) is 2. The Hall–Kier alpha value is -4.05. The summed E-state index contributed by atoms with van der Waals surface area (Å²) in [5, 5.41) is 10.0. The number of nitrogens with two attached hydrogens (primary N) is 1. The van der Waals surface area contributed by atoms with Crippen LogP contribution in [0.1, 0.15) is 35.8 Å². The molecule has 7 nitrogen and oxygen atoms in total. The summed E-state index contributed by atoms with van der Waals surface area (Å²) in [7, 11) is 2.46. The summed E-state index contributed by atoms with van der Waals surface area (Å²) < 4.78 is 10.1. The van der Waals surface area contributed by atoms with Crippen LogP contribution >= 0.6 is 0 Å². The van der Waals surface area contributed by atoms with E-state index in [2.05, 4.69) is 6.07 Å². The maximum absolute atomic E-state index is 13.0. The fraction of sp³-hybridized carbons (Fsp3) is 0.240. The Bertz CT molecular complexity index is 1160. The zero-order valence-corrected chi connectivity index (χ0v) is 17.9. The van der Waals surface area contributed by atoms with E-state index in [4.69, 9.17) is 15.2 Å². The van der Waals surface area contributed by atoms with Crippen LogP contribution in [0.15, 0.2) is 77.3 Å². The molecule has 0 amide bonds. The molecule has 7 heteroatoms. The Morgan fingerprint density at radius 3 is 2.12 bits per heavy atom. The van der Waals surface area contributed by atoms with Gasteiger partial charge < -0.3 is 15.2 Å². The van der Waals surface area contributed by atoms with Gasteiger partial charge >= 0.3 is 11.9 Å². The summed E-state index contributed by atoms with van der Waals surface area (Å²) in [5.41, 5.74) is 8.95. The van der Waals surface area contributed by atoms with Crippen molar-refractivity contribution >= 4 is 17.6 Å². The van der Waals surface area contributed by atoms with E-state index in [1.807, 2.05) is 30.3 Å². The first-order chi connectivity index (χ1) is 15.5. The number of hydrogen-bond donors (Lipinski definition) is 1. The average molecular weight is 429 g/mol. The van der Waals surface area contributed by atoms with Gasteiger partial charge in [-0.1, -0.05) is 42.5 Å². The standard InChI is InChI=1S/C25H23N3O4/c1-31-24(29)21-20(17-6-4-3-5-7-17)19(14-26)23(27)28(22(21)25(30)32-2)18-12-10-16(11-13-18)15-8-9-15/h3-7,10-13,15,20H,8-9,27H2,1-2H3. The highest BCUT2D eigenvalue weighted by molar-refractivity contribution is 6.06. The molecule has 1 fully saturated rings. The summed E-state index contributed by atoms with van der Waals surface area (Å²) in [6.07, 6.45) is 2.31. The lowest BCUT2D eigenvalue weighted by Crippen LogP contribution is -2.40. The molecule has 1 heterocycles. The Morgan fingerprint density at radius 1 is 0.969 bits per heavy atom. The number of anilines is 1. The number of methoxy groups -OCH3 is 2. The molecule has 2 aromatic rings. The van der Waals surface area contributed by atoms with Crippen LogP contribution < -0.4 is 10.6 Å². The molecule has 1 atom stereocenters. The summed E-state index contributed by atoms with van der Waals surface area (Å²) in [4.78, 5) is 27.4. The van der Waals surface area contributed by atoms with E-state index in [1.54, 1.807) is 24.3 Å². The summed E-state index contributed by atoms with van der Waals surface area (Å²) in [6.45, 7) is 0. The van der Waals surface area contributed by atoms with Gasteiger partial charge in [-0.3, -0.25) is 4.90 Å². The van der Waals surface area contributed by atoms with Crippen LogP contribution in [-0.4, -0.2) is 26.2 Å². The highest BCUT2D eigenvalue weighted by Gasteiger charge is 2.43. The van der Waals surface area contributed by atoms with Gasteiger partial charge in [0.1, 0.15) is 11.5 Å². The van der Waals surface area contributed by atoms with Crippen LogP contribution in [0.3, 0.4) is 0 Å². The largest absolute Gasteiger partial charge is 0.466 e. The zero-order chi connectivity index (χ0) is 22.8. The number of carbonyl (C=O) groups excluding carboxylic acids is 2. The Balaban J connectivity index is 1.97. The molecule has 0 aromatic heterocycles. The molecule has 1 unspecified atom stereocenters. The van der Waals surface area contributed by atoms with Crippen molar-refractivity contribution in [2.24, 2.45) is 5.73 Å². The Kier molecular flexibility index (Phi) is 5.69. The van der Waals surface area contributed by atoms with Gasteiger partial charge in [0, 0.05) is 5.69 Å². The molecule has 0 bridgehead atoms. The first kappa shape index (κ1) is 21.2. The second kappa shape index (κ2) is 8.60. The minimum Gasteiger partial charge on any atom is -0.466 e. The smallest absolute Gasteiger partial charge is 0.355 e. The fourth-order valence-corrected chi connectivity index (χ4v) is 4.09. The lowest BCUT2D eigenvalue weighted by molar-refractivity contribution is -0.139. The number of rotatable bonds is 5. The van der Waals surface area contributed by atoms with E-state index in [-0.39, 0.29) is 22.7 Å². The molecule has 162 valence electrons. The lowest BCUT2D eigenvalue weighted by atomic mass is 9.81. The first-order valence-corrected chi connectivity index (χ1v) is 10.3. The van der Waals surface area contributed by atoms with Crippen molar-refractivity contribution in [3.63, 3.8) is 0 Å². The fourth-order valence-electron chi connectivity index (χ4n) is 4.09. The molecule has 0 radical (unpaired) electrons. The van der Waals surface area contributed by atoms with Crippen molar-refractivity contribution in [3.05, 3.63) is 88.4 Å². The van der Waals surface area contributed by atoms with Gasteiger partial charge in [-0.25, -0.2) is 9.59 Å². The van der Waals surface area contributed by atoms with Crippen molar-refractivity contribution in [1.29, 1.82) is 5.26 Å². The third-order valence-corrected chi connectivity index (χ3v) is 5.81. The normalized spacial score (nSPS) is 18.3. The molecule has 2 aromatic carbocycles. The second-order valence-corrected chi connectivity index (χ2v) is 7.70. The van der Waals surface area contributed by atoms with E-state index in [1.165, 1.54) is 24.7 Å². The molecule has 0 spiro atoms. The average Bonchev–Trinajstić information content (AvgIpc) is 3.68. The number of nitriles is 1. The Labute approximate surface area is 186 Å². The molecule has 4 rings (SSSR count). The topological polar surface area (TPSA) is 106 Å². The van der Waals surface area contributed by atoms with Gasteiger partial charge in [-0.2, -0.15) is 5.26 Å². The summed E-state index contributed by atoms with van der Waals surface area (Å²) >= 11 is 0. The van der Waals surface area contributed by atoms with Gasteiger partial charge in [0.15, 0.2) is 0 Å². The van der Waals surface area contributed by atoms with Crippen molar-refractivity contribution in [2.75, 3.05) is 19.1 Å². The lowest BCUT2D eigenvalue weighted by Gasteiger charge is -2.36. The quantitative estimate of drug-likeness (QED) is 0.726. The third-order valence-electron chi connectivity index (χ3n) is 5.81. The number of allylic oxidation sites excluding steroid dienone is 1. The molecule has 2 N–H and O–H groups in total. The monoisotopic (exact) mass is 429 g/mol. The van der Waals surface area contributed by atoms with Gasteiger partial charge in [-0.15, -0.1) is 0 Å². The predicted octanol–water partition coefficient (Wildman–Crippen LogP) is 3.46. The third kappa shape index (κ3) is 3.60. The van der Waals surface area contributed by atoms with Crippen LogP contribution in [0.2, 0.25) is 0 Å². The highest BCUT2D eigenvalue weighted by atomic mass is 16.5. The van der Waals surface area contributed by atoms with Crippen molar-refractivity contribution < 1.29 is 19.1 Å². The van der Waals surface area contributed by atoms with E-state index in [0.717, 1.165) is 12.8 Å². The number of carbonyl (C=O) groups is 2. The van der Waals surface area contributed by atoms with Gasteiger partial charge in [0.2, 0.25) is 0 Å². The van der Waals surface area contributed by atoms with Crippen LogP contribution in [0.25, 0.3) is 0 Å². The molecule has 1 aliphatic heterocycles. The number of nitrogens with zero attached hydrogens (tertiary/aromatic N) is 2. The minimum absolute atomic E-state index is 0.00238. The maximum Gasteiger partial charge on any atom is 0.355 e. The predicted molar refractivity (Wildman–Crippen MR) is 118 cm³/mol. The van der Waals surface area contributed by atoms with Crippen LogP contribution in [-0.2, 0) is 19.1 Å². The van der Waals surface area contributed by atoms with E-state index >= 15 is 0 Å². The molecular formula is C25H23N3O4. The number of esters is 2. The molecule has 32 heavy (non-hydrogen) atoms. The van der Waals surface area contributed by atoms with Crippen molar-refractivity contribution in [2.45, 2.75) is 24.7 Å². The highest BCUT2D eigenvalue weighted by Crippen LogP contribution is 2.44.